The van der Waals surface area contributed by atoms with Crippen LogP contribution in [0, 0.1) is 0 Å². The third-order valence-corrected chi connectivity index (χ3v) is 2.68. The molecule has 19 heavy (non-hydrogen) atoms. The second kappa shape index (κ2) is 7.26. The zero-order chi connectivity index (χ0) is 14.3. The first-order chi connectivity index (χ1) is 8.96. The van der Waals surface area contributed by atoms with Crippen LogP contribution in [0.1, 0.15) is 26.5 Å². The van der Waals surface area contributed by atoms with E-state index < -0.39 is 0 Å². The molecule has 4 nitrogen and oxygen atoms in total. The van der Waals surface area contributed by atoms with Crippen LogP contribution in [0.5, 0.6) is 0 Å². The van der Waals surface area contributed by atoms with Gasteiger partial charge in [0.15, 0.2) is 0 Å². The van der Waals surface area contributed by atoms with Gasteiger partial charge in [-0.2, -0.15) is 0 Å². The van der Waals surface area contributed by atoms with Crippen molar-refractivity contribution < 1.29 is 5.11 Å². The van der Waals surface area contributed by atoms with Crippen molar-refractivity contribution in [2.24, 2.45) is 0 Å². The average molecular weight is 263 g/mol. The SMILES string of the molecule is C=CCN(CCO)c1ccnc(CNC(C)(C)C)c1. The van der Waals surface area contributed by atoms with Gasteiger partial charge < -0.3 is 15.3 Å². The van der Waals surface area contributed by atoms with E-state index in [-0.39, 0.29) is 12.1 Å². The molecule has 106 valence electrons. The first-order valence-electron chi connectivity index (χ1n) is 6.63. The Labute approximate surface area is 116 Å². The van der Waals surface area contributed by atoms with Gasteiger partial charge in [0, 0.05) is 37.1 Å². The van der Waals surface area contributed by atoms with Gasteiger partial charge >= 0.3 is 0 Å². The minimum absolute atomic E-state index is 0.0730. The molecule has 0 amide bonds. The molecule has 0 bridgehead atoms. The van der Waals surface area contributed by atoms with Crippen LogP contribution in [0.15, 0.2) is 31.0 Å². The van der Waals surface area contributed by atoms with Gasteiger partial charge in [-0.25, -0.2) is 0 Å². The van der Waals surface area contributed by atoms with E-state index in [9.17, 15) is 0 Å². The number of rotatable bonds is 7. The third kappa shape index (κ3) is 5.85. The Morgan fingerprint density at radius 2 is 2.21 bits per heavy atom. The van der Waals surface area contributed by atoms with Crippen LogP contribution in [0.3, 0.4) is 0 Å². The summed E-state index contributed by atoms with van der Waals surface area (Å²) in [5, 5.41) is 12.5. The van der Waals surface area contributed by atoms with Crippen molar-refractivity contribution in [1.82, 2.24) is 10.3 Å². The molecule has 0 aliphatic heterocycles. The molecule has 0 radical (unpaired) electrons. The lowest BCUT2D eigenvalue weighted by Crippen LogP contribution is -2.35. The van der Waals surface area contributed by atoms with Gasteiger partial charge in [-0.3, -0.25) is 4.98 Å². The molecule has 0 atom stereocenters. The van der Waals surface area contributed by atoms with Crippen molar-refractivity contribution in [3.8, 4) is 0 Å². The predicted molar refractivity (Wildman–Crippen MR) is 80.3 cm³/mol. The topological polar surface area (TPSA) is 48.4 Å². The number of hydrogen-bond acceptors (Lipinski definition) is 4. The molecule has 0 saturated carbocycles. The molecule has 0 aliphatic carbocycles. The number of pyridine rings is 1. The molecule has 0 aromatic carbocycles. The maximum Gasteiger partial charge on any atom is 0.0606 e. The van der Waals surface area contributed by atoms with E-state index >= 15 is 0 Å². The summed E-state index contributed by atoms with van der Waals surface area (Å²) in [7, 11) is 0. The quantitative estimate of drug-likeness (QED) is 0.738. The maximum absolute atomic E-state index is 9.10. The van der Waals surface area contributed by atoms with E-state index in [1.54, 1.807) is 0 Å². The Kier molecular flexibility index (Phi) is 5.99. The van der Waals surface area contributed by atoms with E-state index in [1.807, 2.05) is 18.3 Å². The Hall–Kier alpha value is -1.39. The van der Waals surface area contributed by atoms with Gasteiger partial charge in [0.05, 0.1) is 12.3 Å². The minimum Gasteiger partial charge on any atom is -0.395 e. The molecule has 0 aliphatic rings. The van der Waals surface area contributed by atoms with Crippen LogP contribution in [-0.4, -0.2) is 35.3 Å². The molecule has 1 aromatic heterocycles. The van der Waals surface area contributed by atoms with E-state index in [1.165, 1.54) is 0 Å². The molecule has 0 unspecified atom stereocenters. The fraction of sp³-hybridized carbons (Fsp3) is 0.533. The highest BCUT2D eigenvalue weighted by Gasteiger charge is 2.10. The normalized spacial score (nSPS) is 11.4. The highest BCUT2D eigenvalue weighted by Crippen LogP contribution is 2.15. The van der Waals surface area contributed by atoms with Gasteiger partial charge in [0.2, 0.25) is 0 Å². The number of aliphatic hydroxyl groups is 1. The average Bonchev–Trinajstić information content (AvgIpc) is 2.36. The zero-order valence-corrected chi connectivity index (χ0v) is 12.2. The molecular weight excluding hydrogens is 238 g/mol. The van der Waals surface area contributed by atoms with Gasteiger partial charge in [0.1, 0.15) is 0 Å². The second-order valence-corrected chi connectivity index (χ2v) is 5.57. The first kappa shape index (κ1) is 15.7. The fourth-order valence-corrected chi connectivity index (χ4v) is 1.72. The van der Waals surface area contributed by atoms with Crippen molar-refractivity contribution in [1.29, 1.82) is 0 Å². The highest BCUT2D eigenvalue weighted by molar-refractivity contribution is 5.47. The fourth-order valence-electron chi connectivity index (χ4n) is 1.72. The standard InChI is InChI=1S/C15H25N3O/c1-5-8-18(9-10-19)14-6-7-16-13(11-14)12-17-15(2,3)4/h5-7,11,17,19H,1,8-10,12H2,2-4H3. The number of aromatic nitrogens is 1. The number of aliphatic hydroxyl groups excluding tert-OH is 1. The predicted octanol–water partition coefficient (Wildman–Crippen LogP) is 1.95. The molecular formula is C15H25N3O. The van der Waals surface area contributed by atoms with E-state index in [0.717, 1.165) is 24.5 Å². The summed E-state index contributed by atoms with van der Waals surface area (Å²) in [4.78, 5) is 6.45. The van der Waals surface area contributed by atoms with Crippen LogP contribution in [0.25, 0.3) is 0 Å². The minimum atomic E-state index is 0.0730. The molecule has 2 N–H and O–H groups in total. The Bertz CT molecular complexity index is 399. The summed E-state index contributed by atoms with van der Waals surface area (Å²) in [5.41, 5.74) is 2.14. The molecule has 0 spiro atoms. The lowest BCUT2D eigenvalue weighted by atomic mass is 10.1. The number of nitrogens with zero attached hydrogens (tertiary/aromatic N) is 2. The molecule has 0 saturated heterocycles. The maximum atomic E-state index is 9.10. The molecule has 0 fully saturated rings. The molecule has 1 aromatic rings. The van der Waals surface area contributed by atoms with E-state index in [0.29, 0.717) is 6.54 Å². The Morgan fingerprint density at radius 3 is 2.79 bits per heavy atom. The molecule has 1 heterocycles. The van der Waals surface area contributed by atoms with Gasteiger partial charge in [-0.1, -0.05) is 6.08 Å². The lowest BCUT2D eigenvalue weighted by molar-refractivity contribution is 0.303. The van der Waals surface area contributed by atoms with E-state index in [4.69, 9.17) is 5.11 Å². The monoisotopic (exact) mass is 263 g/mol. The zero-order valence-electron chi connectivity index (χ0n) is 12.2. The van der Waals surface area contributed by atoms with Crippen LogP contribution in [0.2, 0.25) is 0 Å². The number of nitrogens with one attached hydrogen (secondary N) is 1. The number of anilines is 1. The van der Waals surface area contributed by atoms with Crippen molar-refractivity contribution in [3.63, 3.8) is 0 Å². The largest absolute Gasteiger partial charge is 0.395 e. The van der Waals surface area contributed by atoms with Crippen LogP contribution < -0.4 is 10.2 Å². The summed E-state index contributed by atoms with van der Waals surface area (Å²) in [5.74, 6) is 0. The van der Waals surface area contributed by atoms with Crippen LogP contribution in [-0.2, 0) is 6.54 Å². The van der Waals surface area contributed by atoms with Crippen molar-refractivity contribution >= 4 is 5.69 Å². The van der Waals surface area contributed by atoms with Gasteiger partial charge in [-0.05, 0) is 32.9 Å². The molecule has 4 heteroatoms. The summed E-state index contributed by atoms with van der Waals surface area (Å²) in [6.45, 7) is 12.3. The summed E-state index contributed by atoms with van der Waals surface area (Å²) in [6.07, 6.45) is 3.64. The Balaban J connectivity index is 2.76. The number of hydrogen-bond donors (Lipinski definition) is 2. The van der Waals surface area contributed by atoms with Crippen molar-refractivity contribution in [2.75, 3.05) is 24.6 Å². The van der Waals surface area contributed by atoms with Crippen LogP contribution in [0.4, 0.5) is 5.69 Å². The Morgan fingerprint density at radius 1 is 1.47 bits per heavy atom. The van der Waals surface area contributed by atoms with Gasteiger partial charge in [0.25, 0.3) is 0 Å². The molecule has 1 rings (SSSR count). The second-order valence-electron chi connectivity index (χ2n) is 5.57. The third-order valence-electron chi connectivity index (χ3n) is 2.68. The van der Waals surface area contributed by atoms with Gasteiger partial charge in [-0.15, -0.1) is 6.58 Å². The first-order valence-corrected chi connectivity index (χ1v) is 6.63. The van der Waals surface area contributed by atoms with Crippen molar-refractivity contribution in [3.05, 3.63) is 36.7 Å². The smallest absolute Gasteiger partial charge is 0.0606 e. The van der Waals surface area contributed by atoms with E-state index in [2.05, 4.69) is 48.6 Å². The summed E-state index contributed by atoms with van der Waals surface area (Å²) < 4.78 is 0. The lowest BCUT2D eigenvalue weighted by Gasteiger charge is -2.24. The summed E-state index contributed by atoms with van der Waals surface area (Å²) >= 11 is 0. The highest BCUT2D eigenvalue weighted by atomic mass is 16.3. The van der Waals surface area contributed by atoms with Crippen LogP contribution >= 0.6 is 0 Å². The van der Waals surface area contributed by atoms with Crippen molar-refractivity contribution in [2.45, 2.75) is 32.9 Å². The summed E-state index contributed by atoms with van der Waals surface area (Å²) in [6, 6.07) is 4.01.